The summed E-state index contributed by atoms with van der Waals surface area (Å²) in [6, 6.07) is 8.30. The highest BCUT2D eigenvalue weighted by molar-refractivity contribution is 5.62. The van der Waals surface area contributed by atoms with E-state index in [1.54, 1.807) is 0 Å². The van der Waals surface area contributed by atoms with Crippen LogP contribution in [0.25, 0.3) is 0 Å². The molecule has 2 rings (SSSR count). The van der Waals surface area contributed by atoms with Gasteiger partial charge in [0.25, 0.3) is 0 Å². The molecule has 3 nitrogen and oxygen atoms in total. The summed E-state index contributed by atoms with van der Waals surface area (Å²) in [6.07, 6.45) is 1.03. The van der Waals surface area contributed by atoms with Gasteiger partial charge in [-0.25, -0.2) is 0 Å². The Morgan fingerprint density at radius 3 is 2.56 bits per heavy atom. The van der Waals surface area contributed by atoms with Gasteiger partial charge >= 0.3 is 0 Å². The van der Waals surface area contributed by atoms with Gasteiger partial charge in [0.2, 0.25) is 0 Å². The number of hydrogen-bond donors (Lipinski definition) is 0. The summed E-state index contributed by atoms with van der Waals surface area (Å²) < 4.78 is 0. The fraction of sp³-hybridized carbons (Fsp3) is 0.533. The van der Waals surface area contributed by atoms with Crippen LogP contribution in [0.15, 0.2) is 24.3 Å². The quantitative estimate of drug-likeness (QED) is 0.756. The van der Waals surface area contributed by atoms with Crippen LogP contribution >= 0.6 is 0 Å². The Morgan fingerprint density at radius 1 is 1.22 bits per heavy atom. The lowest BCUT2D eigenvalue weighted by Crippen LogP contribution is -2.44. The fourth-order valence-electron chi connectivity index (χ4n) is 2.44. The number of benzene rings is 1. The third kappa shape index (κ3) is 3.18. The van der Waals surface area contributed by atoms with E-state index < -0.39 is 0 Å². The predicted octanol–water partition coefficient (Wildman–Crippen LogP) is 1.74. The molecule has 1 aromatic rings. The van der Waals surface area contributed by atoms with Gasteiger partial charge in [0.05, 0.1) is 0 Å². The minimum Gasteiger partial charge on any atom is -0.304 e. The van der Waals surface area contributed by atoms with Crippen LogP contribution in [0.1, 0.15) is 24.0 Å². The first-order valence-corrected chi connectivity index (χ1v) is 6.64. The molecule has 0 N–H and O–H groups in total. The molecule has 1 saturated heterocycles. The van der Waals surface area contributed by atoms with Crippen molar-refractivity contribution < 1.29 is 4.79 Å². The van der Waals surface area contributed by atoms with Crippen molar-refractivity contribution in [1.82, 2.24) is 9.80 Å². The van der Waals surface area contributed by atoms with Gasteiger partial charge in [-0.1, -0.05) is 31.2 Å². The summed E-state index contributed by atoms with van der Waals surface area (Å²) in [4.78, 5) is 15.8. The smallest absolute Gasteiger partial charge is 0.127 e. The minimum absolute atomic E-state index is 0.00587. The molecule has 1 unspecified atom stereocenters. The van der Waals surface area contributed by atoms with Crippen molar-refractivity contribution in [1.29, 1.82) is 0 Å². The van der Waals surface area contributed by atoms with Crippen molar-refractivity contribution in [3.05, 3.63) is 35.4 Å². The van der Waals surface area contributed by atoms with Crippen LogP contribution in [0, 0.1) is 0 Å². The normalized spacial score (nSPS) is 19.7. The summed E-state index contributed by atoms with van der Waals surface area (Å²) >= 11 is 0. The third-order valence-corrected chi connectivity index (χ3v) is 3.74. The lowest BCUT2D eigenvalue weighted by atomic mass is 9.96. The summed E-state index contributed by atoms with van der Waals surface area (Å²) in [7, 11) is 2.17. The average Bonchev–Trinajstić information content (AvgIpc) is 2.41. The van der Waals surface area contributed by atoms with Crippen LogP contribution in [-0.2, 0) is 11.3 Å². The lowest BCUT2D eigenvalue weighted by Gasteiger charge is -2.33. The Hall–Kier alpha value is -1.19. The molecule has 1 atom stereocenters. The molecule has 0 amide bonds. The molecular weight excluding hydrogens is 224 g/mol. The number of carbonyl (C=O) groups excluding carboxylic acids is 1. The second-order valence-electron chi connectivity index (χ2n) is 5.20. The fourth-order valence-corrected chi connectivity index (χ4v) is 2.44. The number of aldehydes is 1. The molecule has 0 aliphatic carbocycles. The summed E-state index contributed by atoms with van der Waals surface area (Å²) in [5.74, 6) is -0.00587. The second-order valence-corrected chi connectivity index (χ2v) is 5.20. The Labute approximate surface area is 109 Å². The summed E-state index contributed by atoms with van der Waals surface area (Å²) in [5.41, 5.74) is 2.47. The van der Waals surface area contributed by atoms with E-state index in [9.17, 15) is 4.79 Å². The van der Waals surface area contributed by atoms with Crippen molar-refractivity contribution >= 4 is 6.29 Å². The molecule has 18 heavy (non-hydrogen) atoms. The zero-order valence-electron chi connectivity index (χ0n) is 11.3. The summed E-state index contributed by atoms with van der Waals surface area (Å²) in [6.45, 7) is 7.41. The van der Waals surface area contributed by atoms with Gasteiger partial charge in [0.1, 0.15) is 6.29 Å². The zero-order valence-corrected chi connectivity index (χ0v) is 11.3. The van der Waals surface area contributed by atoms with Crippen LogP contribution in [0.2, 0.25) is 0 Å². The Morgan fingerprint density at radius 2 is 1.89 bits per heavy atom. The maximum Gasteiger partial charge on any atom is 0.127 e. The SMILES string of the molecule is CC(C=O)c1ccccc1CN1CCN(C)CC1. The van der Waals surface area contributed by atoms with Crippen molar-refractivity contribution in [2.45, 2.75) is 19.4 Å². The number of likely N-dealkylation sites (N-methyl/N-ethyl adjacent to an activating group) is 1. The highest BCUT2D eigenvalue weighted by Gasteiger charge is 2.16. The van der Waals surface area contributed by atoms with Gasteiger partial charge < -0.3 is 9.69 Å². The first-order valence-electron chi connectivity index (χ1n) is 6.64. The molecule has 1 heterocycles. The molecule has 1 fully saturated rings. The van der Waals surface area contributed by atoms with Gasteiger partial charge in [0, 0.05) is 38.6 Å². The van der Waals surface area contributed by atoms with E-state index in [1.165, 1.54) is 11.1 Å². The van der Waals surface area contributed by atoms with Gasteiger partial charge in [-0.2, -0.15) is 0 Å². The topological polar surface area (TPSA) is 23.6 Å². The number of hydrogen-bond acceptors (Lipinski definition) is 3. The van der Waals surface area contributed by atoms with Crippen molar-refractivity contribution in [3.8, 4) is 0 Å². The molecule has 0 aromatic heterocycles. The third-order valence-electron chi connectivity index (χ3n) is 3.74. The lowest BCUT2D eigenvalue weighted by molar-refractivity contribution is -0.108. The molecule has 0 radical (unpaired) electrons. The zero-order chi connectivity index (χ0) is 13.0. The van der Waals surface area contributed by atoms with Crippen LogP contribution in [-0.4, -0.2) is 49.3 Å². The van der Waals surface area contributed by atoms with Gasteiger partial charge in [0.15, 0.2) is 0 Å². The van der Waals surface area contributed by atoms with E-state index in [4.69, 9.17) is 0 Å². The molecule has 1 aliphatic heterocycles. The average molecular weight is 246 g/mol. The number of carbonyl (C=O) groups is 1. The maximum absolute atomic E-state index is 11.0. The Kier molecular flexibility index (Phi) is 4.50. The van der Waals surface area contributed by atoms with Crippen molar-refractivity contribution in [3.63, 3.8) is 0 Å². The van der Waals surface area contributed by atoms with Gasteiger partial charge in [-0.15, -0.1) is 0 Å². The number of rotatable bonds is 4. The molecule has 3 heteroatoms. The molecular formula is C15H22N2O. The van der Waals surface area contributed by atoms with Crippen LogP contribution < -0.4 is 0 Å². The molecule has 0 saturated carbocycles. The second kappa shape index (κ2) is 6.12. The van der Waals surface area contributed by atoms with E-state index in [0.29, 0.717) is 0 Å². The minimum atomic E-state index is -0.00587. The molecule has 0 spiro atoms. The first kappa shape index (κ1) is 13.2. The molecule has 1 aromatic carbocycles. The standard InChI is InChI=1S/C15H22N2O/c1-13(12-18)15-6-4-3-5-14(15)11-17-9-7-16(2)8-10-17/h3-6,12-13H,7-11H2,1-2H3. The van der Waals surface area contributed by atoms with Crippen LogP contribution in [0.4, 0.5) is 0 Å². The molecule has 0 bridgehead atoms. The summed E-state index contributed by atoms with van der Waals surface area (Å²) in [5, 5.41) is 0. The Bertz CT molecular complexity index is 397. The van der Waals surface area contributed by atoms with Crippen molar-refractivity contribution in [2.24, 2.45) is 0 Å². The first-order chi connectivity index (χ1) is 8.70. The highest BCUT2D eigenvalue weighted by atomic mass is 16.1. The molecule has 1 aliphatic rings. The van der Waals surface area contributed by atoms with Crippen LogP contribution in [0.3, 0.4) is 0 Å². The highest BCUT2D eigenvalue weighted by Crippen LogP contribution is 2.20. The number of piperazine rings is 1. The largest absolute Gasteiger partial charge is 0.304 e. The van der Waals surface area contributed by atoms with Gasteiger partial charge in [-0.05, 0) is 18.2 Å². The van der Waals surface area contributed by atoms with E-state index in [1.807, 2.05) is 13.0 Å². The predicted molar refractivity (Wildman–Crippen MR) is 73.7 cm³/mol. The Balaban J connectivity index is 2.06. The van der Waals surface area contributed by atoms with E-state index in [-0.39, 0.29) is 5.92 Å². The molecule has 98 valence electrons. The van der Waals surface area contributed by atoms with E-state index >= 15 is 0 Å². The van der Waals surface area contributed by atoms with Gasteiger partial charge in [-0.3, -0.25) is 4.90 Å². The van der Waals surface area contributed by atoms with E-state index in [2.05, 4.69) is 35.0 Å². The monoisotopic (exact) mass is 246 g/mol. The maximum atomic E-state index is 11.0. The van der Waals surface area contributed by atoms with Crippen molar-refractivity contribution in [2.75, 3.05) is 33.2 Å². The van der Waals surface area contributed by atoms with E-state index in [0.717, 1.165) is 39.0 Å². The van der Waals surface area contributed by atoms with Crippen LogP contribution in [0.5, 0.6) is 0 Å². The number of nitrogens with zero attached hydrogens (tertiary/aromatic N) is 2.